The number of aromatic nitrogens is 5. The third-order valence-corrected chi connectivity index (χ3v) is 5.74. The molecule has 30 heavy (non-hydrogen) atoms. The lowest BCUT2D eigenvalue weighted by molar-refractivity contribution is -0.170. The van der Waals surface area contributed by atoms with Crippen LogP contribution in [-0.2, 0) is 14.3 Å². The number of carbonyl (C=O) groups is 1. The number of ether oxygens (including phenoxy) is 2. The Balaban J connectivity index is 1.70. The minimum Gasteiger partial charge on any atom is -0.467 e. The van der Waals surface area contributed by atoms with E-state index in [-0.39, 0.29) is 17.4 Å². The first-order valence-electron chi connectivity index (χ1n) is 9.76. The highest BCUT2D eigenvalue weighted by Gasteiger charge is 2.44. The molecule has 0 radical (unpaired) electrons. The number of hydrogen-bond acceptors (Lipinski definition) is 8. The van der Waals surface area contributed by atoms with Gasteiger partial charge in [0.25, 0.3) is 5.56 Å². The average molecular weight is 412 g/mol. The summed E-state index contributed by atoms with van der Waals surface area (Å²) in [6.45, 7) is 1.90. The highest BCUT2D eigenvalue weighted by Crippen LogP contribution is 2.41. The highest BCUT2D eigenvalue weighted by atomic mass is 16.6. The number of anilines is 2. The van der Waals surface area contributed by atoms with E-state index in [1.807, 2.05) is 13.0 Å². The summed E-state index contributed by atoms with van der Waals surface area (Å²) in [5.74, 6) is 0.787. The van der Waals surface area contributed by atoms with Crippen molar-refractivity contribution < 1.29 is 14.3 Å². The van der Waals surface area contributed by atoms with Crippen LogP contribution in [0, 0.1) is 6.92 Å². The Bertz CT molecular complexity index is 1130. The molecular formula is C20H24N6O4. The van der Waals surface area contributed by atoms with Crippen LogP contribution < -0.4 is 10.9 Å². The van der Waals surface area contributed by atoms with Gasteiger partial charge in [-0.25, -0.2) is 14.8 Å². The molecule has 0 spiro atoms. The fourth-order valence-electron chi connectivity index (χ4n) is 4.10. The minimum atomic E-state index is -0.936. The number of rotatable bonds is 5. The molecule has 3 N–H and O–H groups in total. The maximum Gasteiger partial charge on any atom is 0.338 e. The number of hydrogen-bond donors (Lipinski definition) is 3. The summed E-state index contributed by atoms with van der Waals surface area (Å²) in [6.07, 6.45) is 3.71. The Labute approximate surface area is 172 Å². The van der Waals surface area contributed by atoms with Crippen molar-refractivity contribution >= 4 is 28.5 Å². The van der Waals surface area contributed by atoms with E-state index in [1.54, 1.807) is 6.07 Å². The van der Waals surface area contributed by atoms with Gasteiger partial charge < -0.3 is 19.8 Å². The van der Waals surface area contributed by atoms with Crippen LogP contribution >= 0.6 is 0 Å². The van der Waals surface area contributed by atoms with Crippen LogP contribution in [0.4, 0.5) is 11.6 Å². The van der Waals surface area contributed by atoms with Crippen LogP contribution in [0.15, 0.2) is 23.3 Å². The molecule has 4 rings (SSSR count). The van der Waals surface area contributed by atoms with Crippen molar-refractivity contribution in [2.75, 3.05) is 19.5 Å². The second kappa shape index (κ2) is 7.86. The molecule has 0 aromatic carbocycles. The minimum absolute atomic E-state index is 0.0254. The van der Waals surface area contributed by atoms with Gasteiger partial charge in [-0.15, -0.1) is 0 Å². The Hall–Kier alpha value is -3.27. The summed E-state index contributed by atoms with van der Waals surface area (Å²) in [6, 6.07) is 3.52. The molecule has 10 nitrogen and oxygen atoms in total. The number of nitrogens with one attached hydrogen (secondary N) is 3. The van der Waals surface area contributed by atoms with E-state index in [1.165, 1.54) is 20.5 Å². The first-order valence-corrected chi connectivity index (χ1v) is 9.76. The molecule has 158 valence electrons. The number of nitrogens with zero attached hydrogens (tertiary/aromatic N) is 3. The molecule has 3 aromatic heterocycles. The van der Waals surface area contributed by atoms with Gasteiger partial charge in [0.15, 0.2) is 11.4 Å². The average Bonchev–Trinajstić information content (AvgIpc) is 3.18. The van der Waals surface area contributed by atoms with Gasteiger partial charge in [0, 0.05) is 24.8 Å². The maximum atomic E-state index is 12.4. The molecule has 0 amide bonds. The van der Waals surface area contributed by atoms with Gasteiger partial charge in [-0.1, -0.05) is 0 Å². The van der Waals surface area contributed by atoms with Crippen molar-refractivity contribution in [2.45, 2.75) is 44.1 Å². The summed E-state index contributed by atoms with van der Waals surface area (Å²) in [7, 11) is 2.90. The van der Waals surface area contributed by atoms with E-state index >= 15 is 0 Å². The van der Waals surface area contributed by atoms with Gasteiger partial charge >= 0.3 is 5.97 Å². The molecule has 1 aliphatic rings. The van der Waals surface area contributed by atoms with Crippen LogP contribution in [0.2, 0.25) is 0 Å². The van der Waals surface area contributed by atoms with E-state index in [9.17, 15) is 9.59 Å². The lowest BCUT2D eigenvalue weighted by Gasteiger charge is -2.36. The lowest BCUT2D eigenvalue weighted by Crippen LogP contribution is -2.44. The van der Waals surface area contributed by atoms with Crippen LogP contribution in [-0.4, -0.2) is 50.9 Å². The molecular weight excluding hydrogens is 388 g/mol. The number of aromatic amines is 2. The van der Waals surface area contributed by atoms with E-state index in [4.69, 9.17) is 14.5 Å². The molecule has 1 fully saturated rings. The number of pyridine rings is 1. The molecule has 0 unspecified atom stereocenters. The fourth-order valence-corrected chi connectivity index (χ4v) is 4.10. The fraction of sp³-hybridized carbons (Fsp3) is 0.450. The van der Waals surface area contributed by atoms with Gasteiger partial charge in [0.1, 0.15) is 5.82 Å². The predicted molar refractivity (Wildman–Crippen MR) is 110 cm³/mol. The standard InChI is InChI=1S/C20H24N6O4/c1-11-8-15(26-25-11)23-14-9-13-17(21-10-22-18(13)27)16(24-14)12-4-6-20(30-3,7-5-12)19(28)29-2/h8-10,12H,4-7H2,1-3H3,(H,21,22,27)(H2,23,24,25,26). The summed E-state index contributed by atoms with van der Waals surface area (Å²) in [5, 5.41) is 10.6. The summed E-state index contributed by atoms with van der Waals surface area (Å²) >= 11 is 0. The van der Waals surface area contributed by atoms with Gasteiger partial charge in [0.2, 0.25) is 0 Å². The normalized spacial score (nSPS) is 21.5. The monoisotopic (exact) mass is 412 g/mol. The first kappa shape index (κ1) is 20.0. The smallest absolute Gasteiger partial charge is 0.338 e. The number of aryl methyl sites for hydroxylation is 1. The Morgan fingerprint density at radius 1 is 1.23 bits per heavy atom. The third kappa shape index (κ3) is 3.54. The van der Waals surface area contributed by atoms with Crippen molar-refractivity contribution in [3.05, 3.63) is 40.2 Å². The predicted octanol–water partition coefficient (Wildman–Crippen LogP) is 2.31. The zero-order chi connectivity index (χ0) is 21.3. The van der Waals surface area contributed by atoms with Crippen LogP contribution in [0.3, 0.4) is 0 Å². The van der Waals surface area contributed by atoms with Crippen molar-refractivity contribution in [1.82, 2.24) is 25.1 Å². The Kier molecular flexibility index (Phi) is 5.25. The first-order chi connectivity index (χ1) is 14.5. The molecule has 10 heteroatoms. The molecule has 0 atom stereocenters. The second-order valence-corrected chi connectivity index (χ2v) is 7.55. The number of fused-ring (bicyclic) bond motifs is 1. The molecule has 1 saturated carbocycles. The van der Waals surface area contributed by atoms with Crippen molar-refractivity contribution in [3.63, 3.8) is 0 Å². The lowest BCUT2D eigenvalue weighted by atomic mass is 9.77. The van der Waals surface area contributed by atoms with Crippen LogP contribution in [0.5, 0.6) is 0 Å². The maximum absolute atomic E-state index is 12.4. The molecule has 0 bridgehead atoms. The number of methoxy groups -OCH3 is 2. The summed E-state index contributed by atoms with van der Waals surface area (Å²) in [5.41, 5.74) is 1.03. The van der Waals surface area contributed by atoms with Gasteiger partial charge in [-0.05, 0) is 38.7 Å². The quantitative estimate of drug-likeness (QED) is 0.543. The summed E-state index contributed by atoms with van der Waals surface area (Å²) in [4.78, 5) is 36.5. The van der Waals surface area contributed by atoms with Gasteiger partial charge in [-0.3, -0.25) is 9.89 Å². The molecule has 0 aliphatic heterocycles. The van der Waals surface area contributed by atoms with Gasteiger partial charge in [-0.2, -0.15) is 5.10 Å². The van der Waals surface area contributed by atoms with E-state index in [2.05, 4.69) is 25.5 Å². The highest BCUT2D eigenvalue weighted by molar-refractivity contribution is 5.83. The zero-order valence-electron chi connectivity index (χ0n) is 17.1. The van der Waals surface area contributed by atoms with Crippen molar-refractivity contribution in [1.29, 1.82) is 0 Å². The van der Waals surface area contributed by atoms with E-state index in [0.717, 1.165) is 11.4 Å². The number of carbonyl (C=O) groups excluding carboxylic acids is 1. The van der Waals surface area contributed by atoms with E-state index < -0.39 is 5.60 Å². The SMILES string of the molecule is COC(=O)C1(OC)CCC(c2nc(Nc3cc(C)[nH]n3)cc3c(=O)[nH]cnc23)CC1. The molecule has 3 heterocycles. The topological polar surface area (TPSA) is 135 Å². The second-order valence-electron chi connectivity index (χ2n) is 7.55. The van der Waals surface area contributed by atoms with Crippen molar-refractivity contribution in [2.24, 2.45) is 0 Å². The molecule has 3 aromatic rings. The third-order valence-electron chi connectivity index (χ3n) is 5.74. The molecule has 1 aliphatic carbocycles. The number of H-pyrrole nitrogens is 2. The van der Waals surface area contributed by atoms with Crippen LogP contribution in [0.1, 0.15) is 43.0 Å². The van der Waals surface area contributed by atoms with Crippen molar-refractivity contribution in [3.8, 4) is 0 Å². The Morgan fingerprint density at radius 3 is 2.63 bits per heavy atom. The largest absolute Gasteiger partial charge is 0.467 e. The summed E-state index contributed by atoms with van der Waals surface area (Å²) < 4.78 is 10.5. The number of esters is 1. The van der Waals surface area contributed by atoms with Crippen LogP contribution in [0.25, 0.3) is 10.9 Å². The van der Waals surface area contributed by atoms with E-state index in [0.29, 0.717) is 48.2 Å². The van der Waals surface area contributed by atoms with Gasteiger partial charge in [0.05, 0.1) is 30.0 Å². The zero-order valence-corrected chi connectivity index (χ0v) is 17.1. The molecule has 0 saturated heterocycles. The Morgan fingerprint density at radius 2 is 2.00 bits per heavy atom.